The van der Waals surface area contributed by atoms with E-state index in [1.807, 2.05) is 31.2 Å². The molecular weight excluding hydrogens is 335 g/mol. The molecule has 6 heteroatoms. The molecule has 0 radical (unpaired) electrons. The van der Waals surface area contributed by atoms with E-state index >= 15 is 0 Å². The lowest BCUT2D eigenvalue weighted by molar-refractivity contribution is 0.340. The Morgan fingerprint density at radius 3 is 2.57 bits per heavy atom. The Kier molecular flexibility index (Phi) is 6.19. The lowest BCUT2D eigenvalue weighted by atomic mass is 10.2. The minimum absolute atomic E-state index is 0.286. The topological polar surface area (TPSA) is 24.5 Å². The Labute approximate surface area is 146 Å². The number of benzene rings is 2. The van der Waals surface area contributed by atoms with Crippen LogP contribution in [0.25, 0.3) is 0 Å². The molecule has 0 fully saturated rings. The summed E-state index contributed by atoms with van der Waals surface area (Å²) in [4.78, 5) is 1.73. The summed E-state index contributed by atoms with van der Waals surface area (Å²) in [5.41, 5.74) is 1.26. The number of halogens is 2. The van der Waals surface area contributed by atoms with Crippen molar-refractivity contribution in [3.8, 4) is 5.75 Å². The molecule has 0 bridgehead atoms. The van der Waals surface area contributed by atoms with Crippen molar-refractivity contribution < 1.29 is 9.13 Å². The zero-order valence-electron chi connectivity index (χ0n) is 13.0. The van der Waals surface area contributed by atoms with E-state index in [9.17, 15) is 4.39 Å². The normalized spacial score (nSPS) is 10.3. The summed E-state index contributed by atoms with van der Waals surface area (Å²) in [7, 11) is 1.78. The molecule has 0 aliphatic heterocycles. The monoisotopic (exact) mass is 352 g/mol. The third-order valence-corrected chi connectivity index (χ3v) is 3.99. The van der Waals surface area contributed by atoms with Crippen molar-refractivity contribution in [1.82, 2.24) is 4.90 Å². The second kappa shape index (κ2) is 8.13. The van der Waals surface area contributed by atoms with E-state index < -0.39 is 0 Å². The number of nitrogens with one attached hydrogen (secondary N) is 1. The highest BCUT2D eigenvalue weighted by Crippen LogP contribution is 2.21. The van der Waals surface area contributed by atoms with Crippen LogP contribution in [0.15, 0.2) is 42.5 Å². The van der Waals surface area contributed by atoms with Crippen molar-refractivity contribution in [3.63, 3.8) is 0 Å². The lowest BCUT2D eigenvalue weighted by Gasteiger charge is -2.22. The van der Waals surface area contributed by atoms with E-state index in [1.54, 1.807) is 24.1 Å². The highest BCUT2D eigenvalue weighted by Gasteiger charge is 2.12. The van der Waals surface area contributed by atoms with Crippen molar-refractivity contribution in [2.75, 3.05) is 19.0 Å². The zero-order chi connectivity index (χ0) is 16.8. The van der Waals surface area contributed by atoms with Gasteiger partial charge in [0.15, 0.2) is 5.11 Å². The summed E-state index contributed by atoms with van der Waals surface area (Å²) < 4.78 is 19.2. The van der Waals surface area contributed by atoms with E-state index in [0.717, 1.165) is 11.4 Å². The first-order valence-corrected chi connectivity index (χ1v) is 7.97. The fourth-order valence-corrected chi connectivity index (χ4v) is 2.42. The first-order chi connectivity index (χ1) is 11.0. The van der Waals surface area contributed by atoms with Gasteiger partial charge in [0.25, 0.3) is 0 Å². The van der Waals surface area contributed by atoms with E-state index in [1.165, 1.54) is 6.07 Å². The Morgan fingerprint density at radius 2 is 1.96 bits per heavy atom. The molecule has 0 aliphatic carbocycles. The second-order valence-electron chi connectivity index (χ2n) is 4.94. The van der Waals surface area contributed by atoms with E-state index in [4.69, 9.17) is 28.6 Å². The molecule has 122 valence electrons. The molecule has 0 unspecified atom stereocenters. The van der Waals surface area contributed by atoms with Gasteiger partial charge in [-0.25, -0.2) is 4.39 Å². The number of nitrogens with zero attached hydrogens (tertiary/aromatic N) is 1. The third kappa shape index (κ3) is 4.81. The Morgan fingerprint density at radius 1 is 1.26 bits per heavy atom. The summed E-state index contributed by atoms with van der Waals surface area (Å²) in [6, 6.07) is 12.1. The highest BCUT2D eigenvalue weighted by atomic mass is 35.5. The van der Waals surface area contributed by atoms with Crippen LogP contribution in [0.2, 0.25) is 5.02 Å². The van der Waals surface area contributed by atoms with Crippen molar-refractivity contribution in [3.05, 3.63) is 58.9 Å². The number of thiocarbonyl (C=S) groups is 1. The van der Waals surface area contributed by atoms with Crippen LogP contribution < -0.4 is 10.1 Å². The standard InChI is InChI=1S/C17H18ClFN2OS/c1-3-22-13-9-7-12(8-10-13)20-17(23)21(2)11-14-15(18)5-4-6-16(14)19/h4-10H,3,11H2,1-2H3,(H,20,23). The van der Waals surface area contributed by atoms with Gasteiger partial charge in [0.05, 0.1) is 6.61 Å². The molecule has 1 N–H and O–H groups in total. The van der Waals surface area contributed by atoms with Crippen LogP contribution in [-0.2, 0) is 6.54 Å². The van der Waals surface area contributed by atoms with Crippen molar-refractivity contribution in [1.29, 1.82) is 0 Å². The lowest BCUT2D eigenvalue weighted by Crippen LogP contribution is -2.31. The zero-order valence-corrected chi connectivity index (χ0v) is 14.5. The van der Waals surface area contributed by atoms with Gasteiger partial charge in [-0.15, -0.1) is 0 Å². The summed E-state index contributed by atoms with van der Waals surface area (Å²) >= 11 is 11.4. The maximum absolute atomic E-state index is 13.8. The van der Waals surface area contributed by atoms with Crippen LogP contribution in [0.1, 0.15) is 12.5 Å². The van der Waals surface area contributed by atoms with Gasteiger partial charge in [-0.3, -0.25) is 0 Å². The van der Waals surface area contributed by atoms with E-state index in [-0.39, 0.29) is 12.4 Å². The molecule has 2 aromatic rings. The molecule has 3 nitrogen and oxygen atoms in total. The Hall–Kier alpha value is -1.85. The van der Waals surface area contributed by atoms with Gasteiger partial charge >= 0.3 is 0 Å². The maximum atomic E-state index is 13.8. The first kappa shape index (κ1) is 17.5. The van der Waals surface area contributed by atoms with Gasteiger partial charge in [0.1, 0.15) is 11.6 Å². The Bertz CT molecular complexity index is 659. The van der Waals surface area contributed by atoms with Gasteiger partial charge in [-0.05, 0) is 55.5 Å². The maximum Gasteiger partial charge on any atom is 0.173 e. The molecule has 0 heterocycles. The number of rotatable bonds is 5. The summed E-state index contributed by atoms with van der Waals surface area (Å²) in [6.45, 7) is 2.84. The van der Waals surface area contributed by atoms with Gasteiger partial charge in [-0.2, -0.15) is 0 Å². The van der Waals surface area contributed by atoms with Crippen molar-refractivity contribution in [2.24, 2.45) is 0 Å². The molecule has 0 spiro atoms. The van der Waals surface area contributed by atoms with Gasteiger partial charge < -0.3 is 15.0 Å². The fraction of sp³-hybridized carbons (Fsp3) is 0.235. The van der Waals surface area contributed by atoms with Crippen LogP contribution in [-0.4, -0.2) is 23.7 Å². The molecule has 0 saturated carbocycles. The number of ether oxygens (including phenoxy) is 1. The second-order valence-corrected chi connectivity index (χ2v) is 5.74. The number of hydrogen-bond acceptors (Lipinski definition) is 2. The number of anilines is 1. The third-order valence-electron chi connectivity index (χ3n) is 3.22. The Balaban J connectivity index is 1.99. The summed E-state index contributed by atoms with van der Waals surface area (Å²) in [5, 5.41) is 3.98. The fourth-order valence-electron chi connectivity index (χ4n) is 2.01. The summed E-state index contributed by atoms with van der Waals surface area (Å²) in [5.74, 6) is 0.462. The first-order valence-electron chi connectivity index (χ1n) is 7.19. The molecule has 23 heavy (non-hydrogen) atoms. The molecule has 2 aromatic carbocycles. The molecular formula is C17H18ClFN2OS. The van der Waals surface area contributed by atoms with Gasteiger partial charge in [0.2, 0.25) is 0 Å². The van der Waals surface area contributed by atoms with Crippen molar-refractivity contribution in [2.45, 2.75) is 13.5 Å². The highest BCUT2D eigenvalue weighted by molar-refractivity contribution is 7.80. The minimum atomic E-state index is -0.340. The van der Waals surface area contributed by atoms with Crippen molar-refractivity contribution >= 4 is 34.6 Å². The van der Waals surface area contributed by atoms with E-state index in [2.05, 4.69) is 5.32 Å². The molecule has 0 amide bonds. The van der Waals surface area contributed by atoms with Gasteiger partial charge in [-0.1, -0.05) is 17.7 Å². The molecule has 2 rings (SSSR count). The molecule has 0 saturated heterocycles. The largest absolute Gasteiger partial charge is 0.494 e. The SMILES string of the molecule is CCOc1ccc(NC(=S)N(C)Cc2c(F)cccc2Cl)cc1. The van der Waals surface area contributed by atoms with Gasteiger partial charge in [0, 0.05) is 29.9 Å². The smallest absolute Gasteiger partial charge is 0.173 e. The molecule has 0 aromatic heterocycles. The van der Waals surface area contributed by atoms with Crippen LogP contribution in [0, 0.1) is 5.82 Å². The minimum Gasteiger partial charge on any atom is -0.494 e. The van der Waals surface area contributed by atoms with E-state index in [0.29, 0.717) is 22.3 Å². The average Bonchev–Trinajstić information content (AvgIpc) is 2.53. The predicted molar refractivity (Wildman–Crippen MR) is 96.7 cm³/mol. The van der Waals surface area contributed by atoms with Crippen LogP contribution in [0.5, 0.6) is 5.75 Å². The van der Waals surface area contributed by atoms with Crippen LogP contribution >= 0.6 is 23.8 Å². The predicted octanol–water partition coefficient (Wildman–Crippen LogP) is 4.71. The van der Waals surface area contributed by atoms with Crippen LogP contribution in [0.3, 0.4) is 0 Å². The van der Waals surface area contributed by atoms with Crippen LogP contribution in [0.4, 0.5) is 10.1 Å². The number of hydrogen-bond donors (Lipinski definition) is 1. The summed E-state index contributed by atoms with van der Waals surface area (Å²) in [6.07, 6.45) is 0. The quantitative estimate of drug-likeness (QED) is 0.788. The molecule has 0 atom stereocenters. The average molecular weight is 353 g/mol. The molecule has 0 aliphatic rings.